The summed E-state index contributed by atoms with van der Waals surface area (Å²) in [6, 6.07) is 5.42. The van der Waals surface area contributed by atoms with Crippen molar-refractivity contribution in [2.45, 2.75) is 18.7 Å². The van der Waals surface area contributed by atoms with Crippen LogP contribution in [-0.2, 0) is 10.0 Å². The third kappa shape index (κ3) is 4.61. The average molecular weight is 414 g/mol. The third-order valence-corrected chi connectivity index (χ3v) is 5.47. The number of anilines is 2. The zero-order chi connectivity index (χ0) is 20.2. The fourth-order valence-electron chi connectivity index (χ4n) is 2.52. The molecule has 0 radical (unpaired) electrons. The Morgan fingerprint density at radius 2 is 1.96 bits per heavy atom. The van der Waals surface area contributed by atoms with E-state index in [0.717, 1.165) is 0 Å². The van der Waals surface area contributed by atoms with E-state index in [-0.39, 0.29) is 32.7 Å². The Kier molecular flexibility index (Phi) is 6.50. The van der Waals surface area contributed by atoms with Gasteiger partial charge in [-0.2, -0.15) is 0 Å². The fourth-order valence-corrected chi connectivity index (χ4v) is 3.98. The number of carboxylic acid groups (broad SMARTS) is 1. The van der Waals surface area contributed by atoms with Crippen molar-refractivity contribution in [3.8, 4) is 5.75 Å². The maximum Gasteiger partial charge on any atom is 0.339 e. The Bertz CT molecular complexity index is 946. The Balaban J connectivity index is 2.47. The van der Waals surface area contributed by atoms with E-state index in [4.69, 9.17) is 16.3 Å². The van der Waals surface area contributed by atoms with Gasteiger partial charge in [-0.15, -0.1) is 0 Å². The van der Waals surface area contributed by atoms with Crippen LogP contribution in [0.15, 0.2) is 35.4 Å². The summed E-state index contributed by atoms with van der Waals surface area (Å²) < 4.78 is 32.8. The lowest BCUT2D eigenvalue weighted by atomic mass is 10.2. The van der Waals surface area contributed by atoms with E-state index in [9.17, 15) is 18.3 Å². The standard InChI is InChI=1S/C17H20ClN3O5S/c1-4-21(5-2)16-13(17(22)23)9-12(10-19-16)20-27(24,25)15-8-11(18)6-7-14(15)26-3/h6-10,20H,4-5H2,1-3H3,(H,22,23). The van der Waals surface area contributed by atoms with Gasteiger partial charge in [0.2, 0.25) is 0 Å². The van der Waals surface area contributed by atoms with Crippen LogP contribution in [0.25, 0.3) is 0 Å². The van der Waals surface area contributed by atoms with Gasteiger partial charge in [0, 0.05) is 18.1 Å². The van der Waals surface area contributed by atoms with Crippen molar-refractivity contribution >= 4 is 39.1 Å². The summed E-state index contributed by atoms with van der Waals surface area (Å²) in [5.41, 5.74) is -0.0812. The number of methoxy groups -OCH3 is 1. The quantitative estimate of drug-likeness (QED) is 0.684. The Hall–Kier alpha value is -2.52. The van der Waals surface area contributed by atoms with Gasteiger partial charge < -0.3 is 14.7 Å². The topological polar surface area (TPSA) is 109 Å². The van der Waals surface area contributed by atoms with Crippen molar-refractivity contribution in [1.82, 2.24) is 4.98 Å². The van der Waals surface area contributed by atoms with Crippen LogP contribution < -0.4 is 14.4 Å². The summed E-state index contributed by atoms with van der Waals surface area (Å²) in [6.45, 7) is 4.88. The molecule has 0 atom stereocenters. The maximum absolute atomic E-state index is 12.7. The molecule has 0 fully saturated rings. The molecular formula is C17H20ClN3O5S. The normalized spacial score (nSPS) is 11.1. The smallest absolute Gasteiger partial charge is 0.339 e. The van der Waals surface area contributed by atoms with E-state index in [1.165, 1.54) is 37.6 Å². The second kappa shape index (κ2) is 8.45. The van der Waals surface area contributed by atoms with Gasteiger partial charge in [-0.25, -0.2) is 18.2 Å². The van der Waals surface area contributed by atoms with Crippen molar-refractivity contribution in [2.75, 3.05) is 29.8 Å². The van der Waals surface area contributed by atoms with Crippen LogP contribution >= 0.6 is 11.6 Å². The first kappa shape index (κ1) is 20.8. The summed E-state index contributed by atoms with van der Waals surface area (Å²) in [7, 11) is -2.73. The number of sulfonamides is 1. The van der Waals surface area contributed by atoms with E-state index in [2.05, 4.69) is 9.71 Å². The van der Waals surface area contributed by atoms with Crippen LogP contribution in [-0.4, -0.2) is 44.7 Å². The number of aromatic carboxylic acids is 1. The van der Waals surface area contributed by atoms with Gasteiger partial charge in [-0.1, -0.05) is 11.6 Å². The zero-order valence-corrected chi connectivity index (χ0v) is 16.6. The number of aromatic nitrogens is 1. The molecule has 1 aromatic heterocycles. The van der Waals surface area contributed by atoms with Crippen molar-refractivity contribution < 1.29 is 23.1 Å². The highest BCUT2D eigenvalue weighted by Crippen LogP contribution is 2.29. The molecular weight excluding hydrogens is 394 g/mol. The highest BCUT2D eigenvalue weighted by molar-refractivity contribution is 7.92. The van der Waals surface area contributed by atoms with Crippen LogP contribution in [0.3, 0.4) is 0 Å². The summed E-state index contributed by atoms with van der Waals surface area (Å²) in [4.78, 5) is 17.4. The van der Waals surface area contributed by atoms with Gasteiger partial charge in [0.25, 0.3) is 10.0 Å². The molecule has 0 saturated heterocycles. The van der Waals surface area contributed by atoms with Crippen LogP contribution in [0.2, 0.25) is 5.02 Å². The van der Waals surface area contributed by atoms with Gasteiger partial charge in [0.1, 0.15) is 22.0 Å². The molecule has 0 aliphatic rings. The minimum Gasteiger partial charge on any atom is -0.495 e. The molecule has 8 nitrogen and oxygen atoms in total. The lowest BCUT2D eigenvalue weighted by Crippen LogP contribution is -2.25. The third-order valence-electron chi connectivity index (χ3n) is 3.83. The first-order chi connectivity index (χ1) is 12.7. The number of nitrogens with zero attached hydrogens (tertiary/aromatic N) is 2. The van der Waals surface area contributed by atoms with Crippen molar-refractivity contribution in [3.05, 3.63) is 41.0 Å². The predicted molar refractivity (Wildman–Crippen MR) is 104 cm³/mol. The van der Waals surface area contributed by atoms with E-state index in [1.54, 1.807) is 4.90 Å². The molecule has 0 aliphatic carbocycles. The van der Waals surface area contributed by atoms with Gasteiger partial charge in [-0.05, 0) is 38.1 Å². The number of nitrogens with one attached hydrogen (secondary N) is 1. The molecule has 0 aliphatic heterocycles. The highest BCUT2D eigenvalue weighted by atomic mass is 35.5. The second-order valence-corrected chi connectivity index (χ2v) is 7.56. The van der Waals surface area contributed by atoms with E-state index < -0.39 is 16.0 Å². The molecule has 10 heteroatoms. The molecule has 0 spiro atoms. The summed E-state index contributed by atoms with van der Waals surface area (Å²) in [5, 5.41) is 9.70. The molecule has 0 saturated carbocycles. The number of halogens is 1. The van der Waals surface area contributed by atoms with E-state index in [0.29, 0.717) is 13.1 Å². The lowest BCUT2D eigenvalue weighted by Gasteiger charge is -2.22. The molecule has 1 aromatic carbocycles. The van der Waals surface area contributed by atoms with Crippen LogP contribution in [0.1, 0.15) is 24.2 Å². The summed E-state index contributed by atoms with van der Waals surface area (Å²) in [5.74, 6) is -0.820. The monoisotopic (exact) mass is 413 g/mol. The second-order valence-electron chi connectivity index (χ2n) is 5.47. The van der Waals surface area contributed by atoms with Crippen LogP contribution in [0.4, 0.5) is 11.5 Å². The van der Waals surface area contributed by atoms with Crippen molar-refractivity contribution in [2.24, 2.45) is 0 Å². The lowest BCUT2D eigenvalue weighted by molar-refractivity contribution is 0.0697. The number of benzene rings is 1. The van der Waals surface area contributed by atoms with Gasteiger partial charge >= 0.3 is 5.97 Å². The van der Waals surface area contributed by atoms with Crippen LogP contribution in [0.5, 0.6) is 5.75 Å². The molecule has 1 heterocycles. The molecule has 2 rings (SSSR count). The molecule has 2 aromatic rings. The molecule has 146 valence electrons. The Labute approximate surface area is 162 Å². The molecule has 0 unspecified atom stereocenters. The molecule has 0 bridgehead atoms. The Morgan fingerprint density at radius 1 is 1.30 bits per heavy atom. The molecule has 0 amide bonds. The average Bonchev–Trinajstić information content (AvgIpc) is 2.63. The van der Waals surface area contributed by atoms with Crippen molar-refractivity contribution in [3.63, 3.8) is 0 Å². The van der Waals surface area contributed by atoms with Gasteiger partial charge in [0.15, 0.2) is 0 Å². The van der Waals surface area contributed by atoms with Gasteiger partial charge in [-0.3, -0.25) is 4.72 Å². The minimum atomic E-state index is -4.07. The number of hydrogen-bond donors (Lipinski definition) is 2. The SMILES string of the molecule is CCN(CC)c1ncc(NS(=O)(=O)c2cc(Cl)ccc2OC)cc1C(=O)O. The predicted octanol–water partition coefficient (Wildman–Crippen LogP) is 3.09. The summed E-state index contributed by atoms with van der Waals surface area (Å²) in [6.07, 6.45) is 1.27. The minimum absolute atomic E-state index is 0.0188. The number of carboxylic acids is 1. The first-order valence-corrected chi connectivity index (χ1v) is 9.94. The fraction of sp³-hybridized carbons (Fsp3) is 0.294. The maximum atomic E-state index is 12.7. The summed E-state index contributed by atoms with van der Waals surface area (Å²) >= 11 is 5.89. The highest BCUT2D eigenvalue weighted by Gasteiger charge is 2.23. The number of hydrogen-bond acceptors (Lipinski definition) is 6. The van der Waals surface area contributed by atoms with Gasteiger partial charge in [0.05, 0.1) is 19.0 Å². The Morgan fingerprint density at radius 3 is 2.52 bits per heavy atom. The number of pyridine rings is 1. The number of rotatable bonds is 8. The number of carbonyl (C=O) groups is 1. The van der Waals surface area contributed by atoms with E-state index >= 15 is 0 Å². The molecule has 27 heavy (non-hydrogen) atoms. The largest absolute Gasteiger partial charge is 0.495 e. The first-order valence-electron chi connectivity index (χ1n) is 8.08. The number of ether oxygens (including phenoxy) is 1. The molecule has 2 N–H and O–H groups in total. The van der Waals surface area contributed by atoms with E-state index in [1.807, 2.05) is 13.8 Å². The van der Waals surface area contributed by atoms with Crippen LogP contribution in [0, 0.1) is 0 Å². The zero-order valence-electron chi connectivity index (χ0n) is 15.1. The van der Waals surface area contributed by atoms with Crippen molar-refractivity contribution in [1.29, 1.82) is 0 Å².